The van der Waals surface area contributed by atoms with Gasteiger partial charge in [-0.3, -0.25) is 10.9 Å². The van der Waals surface area contributed by atoms with Gasteiger partial charge < -0.3 is 21.3 Å². The molecule has 0 radical (unpaired) electrons. The number of nitrogens with zero attached hydrogens (tertiary/aromatic N) is 2. The first-order valence-electron chi connectivity index (χ1n) is 4.96. The number of urea groups is 1. The van der Waals surface area contributed by atoms with E-state index < -0.39 is 12.3 Å². The maximum Gasteiger partial charge on any atom is 0.322 e. The second-order valence-electron chi connectivity index (χ2n) is 3.66. The highest BCUT2D eigenvalue weighted by Crippen LogP contribution is 2.14. The van der Waals surface area contributed by atoms with Gasteiger partial charge in [-0.05, 0) is 24.4 Å². The van der Waals surface area contributed by atoms with E-state index in [9.17, 15) is 4.79 Å². The van der Waals surface area contributed by atoms with Crippen molar-refractivity contribution in [1.29, 1.82) is 0 Å². The average Bonchev–Trinajstić information content (AvgIpc) is 2.48. The van der Waals surface area contributed by atoms with Crippen molar-refractivity contribution in [2.75, 3.05) is 14.1 Å². The molecule has 2 amide bonds. The molecule has 0 aromatic heterocycles. The number of nitrogens with two attached hydrogens (primary N) is 2. The molecule has 1 saturated heterocycles. The fourth-order valence-corrected chi connectivity index (χ4v) is 1.67. The topological polar surface area (TPSA) is 124 Å². The van der Waals surface area contributed by atoms with Gasteiger partial charge in [0.25, 0.3) is 0 Å². The standard InChI is InChI=1S/C7H16N8OS2/c1-14-3(10-12-5(8)17)4(11-13-6(9)18)15(2)7(14)16/h3-4,10-11H,1-2H3,(H3,8,12,17)(H3,9,13,18)/t3-,4-/m0/s1. The highest BCUT2D eigenvalue weighted by molar-refractivity contribution is 7.80. The molecule has 0 aromatic rings. The Balaban J connectivity index is 2.71. The van der Waals surface area contributed by atoms with E-state index >= 15 is 0 Å². The summed E-state index contributed by atoms with van der Waals surface area (Å²) in [6.07, 6.45) is -0.823. The summed E-state index contributed by atoms with van der Waals surface area (Å²) in [6, 6.07) is -0.181. The van der Waals surface area contributed by atoms with Gasteiger partial charge in [0.2, 0.25) is 0 Å². The molecule has 0 unspecified atom stereocenters. The van der Waals surface area contributed by atoms with Crippen LogP contribution in [0.4, 0.5) is 4.79 Å². The molecule has 1 aliphatic rings. The quantitative estimate of drug-likeness (QED) is 0.243. The average molecular weight is 292 g/mol. The molecule has 0 bridgehead atoms. The Hall–Kier alpha value is -1.43. The molecule has 2 atom stereocenters. The fraction of sp³-hybridized carbons (Fsp3) is 0.571. The van der Waals surface area contributed by atoms with Crippen molar-refractivity contribution in [3.8, 4) is 0 Å². The predicted octanol–water partition coefficient (Wildman–Crippen LogP) is -2.69. The summed E-state index contributed by atoms with van der Waals surface area (Å²) in [7, 11) is 3.28. The Morgan fingerprint density at radius 2 is 1.39 bits per heavy atom. The van der Waals surface area contributed by atoms with E-state index in [2.05, 4.69) is 46.1 Å². The molecule has 0 saturated carbocycles. The third kappa shape index (κ3) is 3.29. The molecule has 1 heterocycles. The van der Waals surface area contributed by atoms with Crippen LogP contribution in [0.3, 0.4) is 0 Å². The summed E-state index contributed by atoms with van der Waals surface area (Å²) < 4.78 is 0. The number of likely N-dealkylation sites (N-methyl/N-ethyl adjacent to an activating group) is 2. The zero-order valence-corrected chi connectivity index (χ0v) is 11.6. The van der Waals surface area contributed by atoms with Crippen molar-refractivity contribution in [1.82, 2.24) is 31.5 Å². The van der Waals surface area contributed by atoms with Crippen molar-refractivity contribution in [3.63, 3.8) is 0 Å². The number of amides is 2. The zero-order chi connectivity index (χ0) is 13.9. The van der Waals surface area contributed by atoms with Crippen LogP contribution in [0, 0.1) is 0 Å². The maximum atomic E-state index is 11.8. The van der Waals surface area contributed by atoms with Gasteiger partial charge in [0.05, 0.1) is 0 Å². The van der Waals surface area contributed by atoms with Crippen molar-refractivity contribution >= 4 is 40.7 Å². The highest BCUT2D eigenvalue weighted by atomic mass is 32.1. The van der Waals surface area contributed by atoms with Crippen LogP contribution in [0.1, 0.15) is 0 Å². The summed E-state index contributed by atoms with van der Waals surface area (Å²) in [5.41, 5.74) is 21.5. The second-order valence-corrected chi connectivity index (χ2v) is 4.54. The number of carbonyl (C=O) groups is 1. The summed E-state index contributed by atoms with van der Waals surface area (Å²) in [6.45, 7) is 0. The van der Waals surface area contributed by atoms with Crippen LogP contribution in [0.25, 0.3) is 0 Å². The molecule has 0 spiro atoms. The number of hydrogen-bond acceptors (Lipinski definition) is 5. The first-order chi connectivity index (χ1) is 8.34. The van der Waals surface area contributed by atoms with Gasteiger partial charge >= 0.3 is 6.03 Å². The number of nitrogens with one attached hydrogen (secondary N) is 4. The Morgan fingerprint density at radius 3 is 1.67 bits per heavy atom. The van der Waals surface area contributed by atoms with Gasteiger partial charge in [0.1, 0.15) is 12.3 Å². The Morgan fingerprint density at radius 1 is 1.06 bits per heavy atom. The number of carbonyl (C=O) groups excluding carboxylic acids is 1. The highest BCUT2D eigenvalue weighted by Gasteiger charge is 2.41. The van der Waals surface area contributed by atoms with Gasteiger partial charge in [0.15, 0.2) is 10.2 Å². The number of thiocarbonyl (C=S) groups is 2. The first kappa shape index (κ1) is 14.6. The van der Waals surface area contributed by atoms with Crippen LogP contribution in [0.5, 0.6) is 0 Å². The van der Waals surface area contributed by atoms with Crippen molar-refractivity contribution in [2.45, 2.75) is 12.3 Å². The van der Waals surface area contributed by atoms with Crippen molar-refractivity contribution in [3.05, 3.63) is 0 Å². The van der Waals surface area contributed by atoms with Crippen LogP contribution >= 0.6 is 24.4 Å². The molecule has 1 aliphatic heterocycles. The van der Waals surface area contributed by atoms with Crippen LogP contribution < -0.4 is 33.2 Å². The maximum absolute atomic E-state index is 11.8. The van der Waals surface area contributed by atoms with Crippen LogP contribution in [-0.4, -0.2) is 52.5 Å². The van der Waals surface area contributed by atoms with E-state index in [0.717, 1.165) is 0 Å². The van der Waals surface area contributed by atoms with Gasteiger partial charge in [-0.15, -0.1) is 0 Å². The Labute approximate surface area is 115 Å². The summed E-state index contributed by atoms with van der Waals surface area (Å²) >= 11 is 9.37. The molecule has 1 fully saturated rings. The lowest BCUT2D eigenvalue weighted by atomic mass is 10.4. The van der Waals surface area contributed by atoms with E-state index in [1.807, 2.05) is 0 Å². The van der Waals surface area contributed by atoms with Crippen LogP contribution in [-0.2, 0) is 0 Å². The molecular weight excluding hydrogens is 276 g/mol. The SMILES string of the molecule is CN1C(=O)N(C)[C@H](NNC(N)=S)[C@H]1NNC(N)=S. The van der Waals surface area contributed by atoms with E-state index in [4.69, 9.17) is 11.5 Å². The van der Waals surface area contributed by atoms with E-state index in [0.29, 0.717) is 0 Å². The molecule has 1 rings (SSSR count). The zero-order valence-electron chi connectivity index (χ0n) is 9.93. The minimum Gasteiger partial charge on any atom is -0.375 e. The minimum atomic E-state index is -0.411. The molecule has 0 aliphatic carbocycles. The monoisotopic (exact) mass is 292 g/mol. The molecule has 8 N–H and O–H groups in total. The minimum absolute atomic E-state index is 0.0754. The molecule has 0 aromatic carbocycles. The lowest BCUT2D eigenvalue weighted by Gasteiger charge is -2.27. The molecule has 11 heteroatoms. The fourth-order valence-electron chi connectivity index (χ4n) is 1.55. The molecule has 18 heavy (non-hydrogen) atoms. The van der Waals surface area contributed by atoms with E-state index in [1.165, 1.54) is 9.80 Å². The molecular formula is C7H16N8OS2. The summed E-state index contributed by atoms with van der Waals surface area (Å²) in [4.78, 5) is 14.8. The lowest BCUT2D eigenvalue weighted by molar-refractivity contribution is 0.196. The van der Waals surface area contributed by atoms with Gasteiger partial charge in [-0.1, -0.05) is 0 Å². The van der Waals surface area contributed by atoms with Crippen molar-refractivity contribution in [2.24, 2.45) is 11.5 Å². The largest absolute Gasteiger partial charge is 0.375 e. The lowest BCUT2D eigenvalue weighted by Crippen LogP contribution is -2.62. The molecule has 9 nitrogen and oxygen atoms in total. The van der Waals surface area contributed by atoms with E-state index in [1.54, 1.807) is 14.1 Å². The number of hydrogen-bond donors (Lipinski definition) is 6. The van der Waals surface area contributed by atoms with Crippen LogP contribution in [0.15, 0.2) is 0 Å². The smallest absolute Gasteiger partial charge is 0.322 e. The number of hydrazine groups is 2. The van der Waals surface area contributed by atoms with Crippen molar-refractivity contribution < 1.29 is 4.79 Å². The summed E-state index contributed by atoms with van der Waals surface area (Å²) in [5.74, 6) is 0. The van der Waals surface area contributed by atoms with Gasteiger partial charge in [-0.2, -0.15) is 0 Å². The van der Waals surface area contributed by atoms with Gasteiger partial charge in [0, 0.05) is 14.1 Å². The Kier molecular flexibility index (Phi) is 4.84. The second kappa shape index (κ2) is 5.95. The normalized spacial score (nSPS) is 23.1. The third-order valence-corrected chi connectivity index (χ3v) is 2.63. The summed E-state index contributed by atoms with van der Waals surface area (Å²) in [5, 5.41) is 0.151. The van der Waals surface area contributed by atoms with Crippen LogP contribution in [0.2, 0.25) is 0 Å². The van der Waals surface area contributed by atoms with E-state index in [-0.39, 0.29) is 16.3 Å². The first-order valence-corrected chi connectivity index (χ1v) is 5.77. The predicted molar refractivity (Wildman–Crippen MR) is 74.6 cm³/mol. The Bertz CT molecular complexity index is 331. The number of rotatable bonds is 4. The molecule has 102 valence electrons. The third-order valence-electron chi connectivity index (χ3n) is 2.42. The van der Waals surface area contributed by atoms with Gasteiger partial charge in [-0.25, -0.2) is 15.6 Å².